The minimum Gasteiger partial charge on any atom is -0.491 e. The van der Waals surface area contributed by atoms with E-state index in [4.69, 9.17) is 21.1 Å². The largest absolute Gasteiger partial charge is 0.491 e. The van der Waals surface area contributed by atoms with Crippen molar-refractivity contribution in [2.24, 2.45) is 0 Å². The maximum atomic E-state index is 5.93. The van der Waals surface area contributed by atoms with Gasteiger partial charge in [-0.3, -0.25) is 0 Å². The fourth-order valence-electron chi connectivity index (χ4n) is 1.15. The molecule has 1 aliphatic carbocycles. The Morgan fingerprint density at radius 3 is 2.77 bits per heavy atom. The van der Waals surface area contributed by atoms with Crippen LogP contribution in [0, 0.1) is 0 Å². The summed E-state index contributed by atoms with van der Waals surface area (Å²) in [6.07, 6.45) is 2.64. The number of halogens is 1. The zero-order chi connectivity index (χ0) is 9.26. The van der Waals surface area contributed by atoms with E-state index in [-0.39, 0.29) is 0 Å². The summed E-state index contributed by atoms with van der Waals surface area (Å²) in [7, 11) is 1.60. The van der Waals surface area contributed by atoms with Gasteiger partial charge in [0.05, 0.1) is 18.2 Å². The average molecular weight is 199 g/mol. The van der Waals surface area contributed by atoms with Crippen LogP contribution in [0.15, 0.2) is 18.2 Å². The number of rotatable bonds is 3. The third kappa shape index (κ3) is 1.89. The highest BCUT2D eigenvalue weighted by molar-refractivity contribution is 6.32. The standard InChI is InChI=1S/C10H11ClO2/c1-12-10-8(11)3-2-4-9(10)13-7-5-6-7/h2-4,7H,5-6H2,1H3. The molecule has 70 valence electrons. The number of ether oxygens (including phenoxy) is 2. The summed E-state index contributed by atoms with van der Waals surface area (Å²) < 4.78 is 10.8. The van der Waals surface area contributed by atoms with Gasteiger partial charge >= 0.3 is 0 Å². The summed E-state index contributed by atoms with van der Waals surface area (Å²) in [6.45, 7) is 0. The van der Waals surface area contributed by atoms with E-state index in [1.807, 2.05) is 12.1 Å². The first-order valence-electron chi connectivity index (χ1n) is 4.30. The topological polar surface area (TPSA) is 18.5 Å². The highest BCUT2D eigenvalue weighted by Crippen LogP contribution is 2.37. The molecule has 13 heavy (non-hydrogen) atoms. The molecule has 2 nitrogen and oxygen atoms in total. The van der Waals surface area contributed by atoms with Crippen molar-refractivity contribution in [2.75, 3.05) is 7.11 Å². The van der Waals surface area contributed by atoms with E-state index < -0.39 is 0 Å². The molecule has 0 aliphatic heterocycles. The van der Waals surface area contributed by atoms with Gasteiger partial charge in [-0.2, -0.15) is 0 Å². The van der Waals surface area contributed by atoms with Crippen molar-refractivity contribution >= 4 is 11.6 Å². The molecular weight excluding hydrogens is 188 g/mol. The van der Waals surface area contributed by atoms with Crippen molar-refractivity contribution < 1.29 is 9.47 Å². The van der Waals surface area contributed by atoms with Crippen molar-refractivity contribution in [1.82, 2.24) is 0 Å². The van der Waals surface area contributed by atoms with E-state index in [0.29, 0.717) is 16.9 Å². The van der Waals surface area contributed by atoms with Crippen LogP contribution < -0.4 is 9.47 Å². The van der Waals surface area contributed by atoms with Gasteiger partial charge in [0.1, 0.15) is 0 Å². The van der Waals surface area contributed by atoms with Crippen molar-refractivity contribution in [1.29, 1.82) is 0 Å². The maximum absolute atomic E-state index is 5.93. The molecule has 0 saturated heterocycles. The molecule has 1 aromatic rings. The lowest BCUT2D eigenvalue weighted by Gasteiger charge is -2.10. The minimum atomic E-state index is 0.368. The van der Waals surface area contributed by atoms with E-state index >= 15 is 0 Å². The minimum absolute atomic E-state index is 0.368. The predicted octanol–water partition coefficient (Wildman–Crippen LogP) is 2.89. The molecule has 0 spiro atoms. The average Bonchev–Trinajstić information content (AvgIpc) is 2.89. The van der Waals surface area contributed by atoms with E-state index in [1.165, 1.54) is 0 Å². The van der Waals surface area contributed by atoms with Crippen LogP contribution in [-0.4, -0.2) is 13.2 Å². The van der Waals surface area contributed by atoms with Crippen LogP contribution in [0.2, 0.25) is 5.02 Å². The summed E-state index contributed by atoms with van der Waals surface area (Å²) in [4.78, 5) is 0. The Bertz CT molecular complexity index is 308. The lowest BCUT2D eigenvalue weighted by Crippen LogP contribution is -1.98. The Morgan fingerprint density at radius 2 is 2.15 bits per heavy atom. The second kappa shape index (κ2) is 3.46. The zero-order valence-corrected chi connectivity index (χ0v) is 8.17. The molecule has 2 rings (SSSR count). The second-order valence-corrected chi connectivity index (χ2v) is 3.50. The molecule has 1 aliphatic rings. The maximum Gasteiger partial charge on any atom is 0.179 e. The molecule has 1 aromatic carbocycles. The molecule has 0 N–H and O–H groups in total. The Kier molecular flexibility index (Phi) is 2.32. The molecule has 0 bridgehead atoms. The molecule has 0 radical (unpaired) electrons. The van der Waals surface area contributed by atoms with Crippen LogP contribution >= 0.6 is 11.6 Å². The highest BCUT2D eigenvalue weighted by atomic mass is 35.5. The molecule has 0 amide bonds. The Balaban J connectivity index is 2.25. The zero-order valence-electron chi connectivity index (χ0n) is 7.42. The van der Waals surface area contributed by atoms with E-state index in [0.717, 1.165) is 18.6 Å². The smallest absolute Gasteiger partial charge is 0.179 e. The van der Waals surface area contributed by atoms with Gasteiger partial charge < -0.3 is 9.47 Å². The van der Waals surface area contributed by atoms with Crippen molar-refractivity contribution in [3.05, 3.63) is 23.2 Å². The molecule has 0 heterocycles. The molecule has 3 heteroatoms. The first kappa shape index (κ1) is 8.70. The van der Waals surface area contributed by atoms with Crippen molar-refractivity contribution in [2.45, 2.75) is 18.9 Å². The van der Waals surface area contributed by atoms with E-state index in [9.17, 15) is 0 Å². The first-order valence-corrected chi connectivity index (χ1v) is 4.68. The SMILES string of the molecule is COc1c(Cl)cccc1OC1CC1. The number of benzene rings is 1. The first-order chi connectivity index (χ1) is 6.31. The van der Waals surface area contributed by atoms with Crippen LogP contribution in [-0.2, 0) is 0 Å². The molecule has 0 aromatic heterocycles. The number of para-hydroxylation sites is 1. The lowest BCUT2D eigenvalue weighted by atomic mass is 10.3. The third-order valence-electron chi connectivity index (χ3n) is 1.95. The molecule has 0 atom stereocenters. The second-order valence-electron chi connectivity index (χ2n) is 3.09. The van der Waals surface area contributed by atoms with Gasteiger partial charge in [-0.25, -0.2) is 0 Å². The van der Waals surface area contributed by atoms with Crippen LogP contribution in [0.5, 0.6) is 11.5 Å². The Hall–Kier alpha value is -0.890. The van der Waals surface area contributed by atoms with Gasteiger partial charge in [0.25, 0.3) is 0 Å². The summed E-state index contributed by atoms with van der Waals surface area (Å²) in [6, 6.07) is 5.53. The monoisotopic (exact) mass is 198 g/mol. The molecular formula is C10H11ClO2. The normalized spacial score (nSPS) is 15.5. The number of hydrogen-bond donors (Lipinski definition) is 0. The third-order valence-corrected chi connectivity index (χ3v) is 2.25. The van der Waals surface area contributed by atoms with Gasteiger partial charge in [0, 0.05) is 0 Å². The van der Waals surface area contributed by atoms with Gasteiger partial charge in [-0.1, -0.05) is 17.7 Å². The number of methoxy groups -OCH3 is 1. The van der Waals surface area contributed by atoms with E-state index in [1.54, 1.807) is 13.2 Å². The summed E-state index contributed by atoms with van der Waals surface area (Å²) >= 11 is 5.93. The summed E-state index contributed by atoms with van der Waals surface area (Å²) in [5, 5.41) is 0.598. The quantitative estimate of drug-likeness (QED) is 0.744. The van der Waals surface area contributed by atoms with Gasteiger partial charge in [0.15, 0.2) is 11.5 Å². The van der Waals surface area contributed by atoms with Gasteiger partial charge in [-0.15, -0.1) is 0 Å². The van der Waals surface area contributed by atoms with Crippen molar-refractivity contribution in [3.8, 4) is 11.5 Å². The fraction of sp³-hybridized carbons (Fsp3) is 0.400. The molecule has 0 unspecified atom stereocenters. The van der Waals surface area contributed by atoms with Crippen LogP contribution in [0.1, 0.15) is 12.8 Å². The van der Waals surface area contributed by atoms with Crippen LogP contribution in [0.3, 0.4) is 0 Å². The van der Waals surface area contributed by atoms with Crippen molar-refractivity contribution in [3.63, 3.8) is 0 Å². The summed E-state index contributed by atoms with van der Waals surface area (Å²) in [5.41, 5.74) is 0. The Morgan fingerprint density at radius 1 is 1.38 bits per heavy atom. The predicted molar refractivity (Wildman–Crippen MR) is 51.7 cm³/mol. The highest BCUT2D eigenvalue weighted by Gasteiger charge is 2.25. The lowest BCUT2D eigenvalue weighted by molar-refractivity contribution is 0.282. The van der Waals surface area contributed by atoms with Crippen LogP contribution in [0.25, 0.3) is 0 Å². The fourth-order valence-corrected chi connectivity index (χ4v) is 1.39. The Labute approximate surface area is 82.4 Å². The van der Waals surface area contributed by atoms with Crippen LogP contribution in [0.4, 0.5) is 0 Å². The van der Waals surface area contributed by atoms with Gasteiger partial charge in [-0.05, 0) is 25.0 Å². The number of hydrogen-bond acceptors (Lipinski definition) is 2. The molecule has 1 fully saturated rings. The molecule has 1 saturated carbocycles. The summed E-state index contributed by atoms with van der Waals surface area (Å²) in [5.74, 6) is 1.38. The van der Waals surface area contributed by atoms with E-state index in [2.05, 4.69) is 0 Å². The van der Waals surface area contributed by atoms with Gasteiger partial charge in [0.2, 0.25) is 0 Å².